The number of carbonyl (C=O) groups excluding carboxylic acids is 1. The zero-order valence-electron chi connectivity index (χ0n) is 13.7. The van der Waals surface area contributed by atoms with Crippen molar-refractivity contribution < 1.29 is 9.53 Å². The zero-order valence-corrected chi connectivity index (χ0v) is 13.7. The number of rotatable bonds is 1. The molecule has 0 aromatic carbocycles. The summed E-state index contributed by atoms with van der Waals surface area (Å²) in [7, 11) is 0. The molecule has 1 fully saturated rings. The number of ether oxygens (including phenoxy) is 1. The van der Waals surface area contributed by atoms with Crippen molar-refractivity contribution in [2.75, 3.05) is 0 Å². The minimum atomic E-state index is -0.835. The third kappa shape index (κ3) is 6.27. The minimum absolute atomic E-state index is 0.148. The van der Waals surface area contributed by atoms with Crippen molar-refractivity contribution in [3.05, 3.63) is 35.8 Å². The first-order valence-electron chi connectivity index (χ1n) is 6.91. The van der Waals surface area contributed by atoms with Crippen LogP contribution in [0.1, 0.15) is 55.4 Å². The molecule has 110 valence electrons. The van der Waals surface area contributed by atoms with Crippen LogP contribution < -0.4 is 5.32 Å². The van der Waals surface area contributed by atoms with Crippen LogP contribution in [-0.2, 0) is 9.53 Å². The predicted octanol–water partition coefficient (Wildman–Crippen LogP) is 4.33. The van der Waals surface area contributed by atoms with E-state index in [0.717, 1.165) is 5.57 Å². The summed E-state index contributed by atoms with van der Waals surface area (Å²) in [6.07, 6.45) is 3.79. The van der Waals surface area contributed by atoms with Gasteiger partial charge in [-0.15, -0.1) is 0 Å². The Hall–Kier alpha value is -1.51. The van der Waals surface area contributed by atoms with Gasteiger partial charge in [0.25, 0.3) is 5.91 Å². The zero-order chi connectivity index (χ0) is 15.6. The summed E-state index contributed by atoms with van der Waals surface area (Å²) < 4.78 is 5.44. The number of carbonyl (C=O) groups is 1. The first-order chi connectivity index (χ1) is 8.86. The van der Waals surface area contributed by atoms with E-state index in [1.165, 1.54) is 0 Å². The van der Waals surface area contributed by atoms with Crippen LogP contribution in [-0.4, -0.2) is 11.5 Å². The number of morpholine rings is 1. The molecule has 0 radical (unpaired) electrons. The number of hydrogen-bond donors (Lipinski definition) is 1. The number of amides is 1. The van der Waals surface area contributed by atoms with Crippen LogP contribution in [0.3, 0.4) is 0 Å². The summed E-state index contributed by atoms with van der Waals surface area (Å²) in [6.45, 7) is 19.1. The second kappa shape index (κ2) is 9.42. The van der Waals surface area contributed by atoms with E-state index in [-0.39, 0.29) is 5.91 Å². The molecule has 0 bridgehead atoms. The molecule has 1 aliphatic rings. The van der Waals surface area contributed by atoms with Gasteiger partial charge in [-0.05, 0) is 33.8 Å². The Morgan fingerprint density at radius 1 is 1.26 bits per heavy atom. The van der Waals surface area contributed by atoms with Crippen LogP contribution in [0.2, 0.25) is 0 Å². The SMILES string of the molecule is C=C1OC(C)(C)C(=O)N/C1=C/C(C)=C\C.CC.CC. The molecule has 1 aliphatic heterocycles. The summed E-state index contributed by atoms with van der Waals surface area (Å²) in [5, 5.41) is 2.78. The Labute approximate surface area is 118 Å². The van der Waals surface area contributed by atoms with Crippen molar-refractivity contribution in [2.24, 2.45) is 0 Å². The molecule has 0 aromatic rings. The lowest BCUT2D eigenvalue weighted by Gasteiger charge is -2.32. The van der Waals surface area contributed by atoms with Crippen molar-refractivity contribution in [1.82, 2.24) is 5.32 Å². The molecule has 3 nitrogen and oxygen atoms in total. The summed E-state index contributed by atoms with van der Waals surface area (Å²) in [5.74, 6) is 0.353. The Morgan fingerprint density at radius 3 is 2.16 bits per heavy atom. The van der Waals surface area contributed by atoms with Crippen molar-refractivity contribution in [3.63, 3.8) is 0 Å². The number of allylic oxidation sites excluding steroid dienone is 3. The molecule has 19 heavy (non-hydrogen) atoms. The summed E-state index contributed by atoms with van der Waals surface area (Å²) >= 11 is 0. The fraction of sp³-hybridized carbons (Fsp3) is 0.562. The fourth-order valence-corrected chi connectivity index (χ4v) is 1.18. The number of hydrogen-bond acceptors (Lipinski definition) is 2. The Bertz CT molecular complexity index is 363. The molecule has 0 aliphatic carbocycles. The summed E-state index contributed by atoms with van der Waals surface area (Å²) in [6, 6.07) is 0. The van der Waals surface area contributed by atoms with Crippen LogP contribution in [0.25, 0.3) is 0 Å². The molecular weight excluding hydrogens is 238 g/mol. The second-order valence-electron chi connectivity index (χ2n) is 4.08. The predicted molar refractivity (Wildman–Crippen MR) is 82.7 cm³/mol. The highest BCUT2D eigenvalue weighted by molar-refractivity contribution is 5.88. The first kappa shape index (κ1) is 19.8. The van der Waals surface area contributed by atoms with E-state index in [9.17, 15) is 4.79 Å². The van der Waals surface area contributed by atoms with Crippen molar-refractivity contribution in [3.8, 4) is 0 Å². The van der Waals surface area contributed by atoms with Crippen molar-refractivity contribution in [2.45, 2.75) is 61.0 Å². The van der Waals surface area contributed by atoms with Gasteiger partial charge in [-0.3, -0.25) is 4.79 Å². The van der Waals surface area contributed by atoms with Gasteiger partial charge in [0.2, 0.25) is 0 Å². The highest BCUT2D eigenvalue weighted by Crippen LogP contribution is 2.24. The quantitative estimate of drug-likeness (QED) is 0.768. The van der Waals surface area contributed by atoms with Gasteiger partial charge in [0.1, 0.15) is 5.76 Å². The molecule has 3 heteroatoms. The van der Waals surface area contributed by atoms with E-state index in [1.54, 1.807) is 13.8 Å². The smallest absolute Gasteiger partial charge is 0.268 e. The molecule has 1 rings (SSSR count). The summed E-state index contributed by atoms with van der Waals surface area (Å²) in [4.78, 5) is 11.6. The van der Waals surface area contributed by atoms with E-state index >= 15 is 0 Å². The van der Waals surface area contributed by atoms with Gasteiger partial charge in [-0.1, -0.05) is 45.9 Å². The molecule has 1 amide bonds. The largest absolute Gasteiger partial charge is 0.476 e. The Kier molecular flexibility index (Phi) is 9.83. The van der Waals surface area contributed by atoms with Crippen LogP contribution in [0.15, 0.2) is 35.8 Å². The van der Waals surface area contributed by atoms with Gasteiger partial charge in [0, 0.05) is 0 Å². The maximum atomic E-state index is 11.6. The normalized spacial score (nSPS) is 19.4. The maximum absolute atomic E-state index is 11.6. The average molecular weight is 267 g/mol. The van der Waals surface area contributed by atoms with Crippen LogP contribution >= 0.6 is 0 Å². The standard InChI is InChI=1S/C12H17NO2.2C2H6/c1-6-8(2)7-10-9(3)15-12(4,5)11(14)13-10;2*1-2/h6-7H,3H2,1-2,4-5H3,(H,13,14);2*1-2H3/b8-6-,10-7+;;. The lowest BCUT2D eigenvalue weighted by Crippen LogP contribution is -2.48. The minimum Gasteiger partial charge on any atom is -0.476 e. The highest BCUT2D eigenvalue weighted by atomic mass is 16.5. The van der Waals surface area contributed by atoms with Crippen molar-refractivity contribution >= 4 is 5.91 Å². The van der Waals surface area contributed by atoms with Gasteiger partial charge in [-0.2, -0.15) is 0 Å². The third-order valence-electron chi connectivity index (χ3n) is 2.30. The van der Waals surface area contributed by atoms with Crippen LogP contribution in [0.4, 0.5) is 0 Å². The average Bonchev–Trinajstić information content (AvgIpc) is 2.40. The van der Waals surface area contributed by atoms with Gasteiger partial charge in [-0.25, -0.2) is 0 Å². The third-order valence-corrected chi connectivity index (χ3v) is 2.30. The first-order valence-corrected chi connectivity index (χ1v) is 6.91. The number of nitrogens with one attached hydrogen (secondary N) is 1. The molecule has 1 heterocycles. The van der Waals surface area contributed by atoms with Crippen LogP contribution in [0, 0.1) is 0 Å². The van der Waals surface area contributed by atoms with Gasteiger partial charge in [0.15, 0.2) is 5.60 Å². The van der Waals surface area contributed by atoms with Crippen molar-refractivity contribution in [1.29, 1.82) is 0 Å². The van der Waals surface area contributed by atoms with E-state index in [1.807, 2.05) is 53.7 Å². The van der Waals surface area contributed by atoms with Crippen LogP contribution in [0.5, 0.6) is 0 Å². The molecule has 1 N–H and O–H groups in total. The molecule has 0 spiro atoms. The maximum Gasteiger partial charge on any atom is 0.268 e. The van der Waals surface area contributed by atoms with E-state index in [4.69, 9.17) is 4.74 Å². The van der Waals surface area contributed by atoms with E-state index in [2.05, 4.69) is 11.9 Å². The van der Waals surface area contributed by atoms with Gasteiger partial charge in [0.05, 0.1) is 5.70 Å². The van der Waals surface area contributed by atoms with E-state index < -0.39 is 5.60 Å². The fourth-order valence-electron chi connectivity index (χ4n) is 1.18. The van der Waals surface area contributed by atoms with Gasteiger partial charge >= 0.3 is 0 Å². The highest BCUT2D eigenvalue weighted by Gasteiger charge is 2.36. The lowest BCUT2D eigenvalue weighted by atomic mass is 10.1. The molecule has 0 unspecified atom stereocenters. The Balaban J connectivity index is 0. The second-order valence-corrected chi connectivity index (χ2v) is 4.08. The lowest BCUT2D eigenvalue weighted by molar-refractivity contribution is -0.140. The molecule has 0 aromatic heterocycles. The summed E-state index contributed by atoms with van der Waals surface area (Å²) in [5.41, 5.74) is 0.850. The molecular formula is C16H29NO2. The monoisotopic (exact) mass is 267 g/mol. The topological polar surface area (TPSA) is 38.3 Å². The molecule has 1 saturated heterocycles. The molecule has 0 saturated carbocycles. The Morgan fingerprint density at radius 2 is 1.74 bits per heavy atom. The van der Waals surface area contributed by atoms with E-state index in [0.29, 0.717) is 11.5 Å². The molecule has 0 atom stereocenters. The van der Waals surface area contributed by atoms with Gasteiger partial charge < -0.3 is 10.1 Å².